The van der Waals surface area contributed by atoms with Crippen molar-refractivity contribution in [2.24, 2.45) is 5.41 Å². The Morgan fingerprint density at radius 3 is 2.70 bits per heavy atom. The molecule has 1 atom stereocenters. The summed E-state index contributed by atoms with van der Waals surface area (Å²) in [4.78, 5) is 32.1. The number of benzene rings is 1. The molecule has 3 heterocycles. The highest BCUT2D eigenvalue weighted by atomic mass is 19.1. The lowest BCUT2D eigenvalue weighted by atomic mass is 9.86. The molecule has 2 saturated heterocycles. The number of halogens is 1. The molecule has 0 aliphatic carbocycles. The maximum Gasteiger partial charge on any atom is 0.254 e. The van der Waals surface area contributed by atoms with Gasteiger partial charge in [0.25, 0.3) is 5.91 Å². The van der Waals surface area contributed by atoms with E-state index in [0.717, 1.165) is 18.2 Å². The first-order valence-electron chi connectivity index (χ1n) is 8.71. The minimum absolute atomic E-state index is 0.0176. The predicted molar refractivity (Wildman–Crippen MR) is 95.3 cm³/mol. The maximum atomic E-state index is 13.3. The summed E-state index contributed by atoms with van der Waals surface area (Å²) in [5.74, 6) is -0.904. The Morgan fingerprint density at radius 1 is 1.22 bits per heavy atom. The lowest BCUT2D eigenvalue weighted by Crippen LogP contribution is -2.34. The Bertz CT molecular complexity index is 953. The monoisotopic (exact) mass is 364 g/mol. The van der Waals surface area contributed by atoms with Crippen molar-refractivity contribution >= 4 is 17.5 Å². The highest BCUT2D eigenvalue weighted by Gasteiger charge is 2.48. The molecule has 0 bridgehead atoms. The molecule has 7 heteroatoms. The molecule has 6 nitrogen and oxygen atoms in total. The molecular weight excluding hydrogens is 347 g/mol. The second-order valence-electron chi connectivity index (χ2n) is 7.16. The summed E-state index contributed by atoms with van der Waals surface area (Å²) < 4.78 is 13.3. The van der Waals surface area contributed by atoms with E-state index < -0.39 is 5.95 Å². The molecule has 27 heavy (non-hydrogen) atoms. The van der Waals surface area contributed by atoms with Crippen LogP contribution in [0.3, 0.4) is 0 Å². The van der Waals surface area contributed by atoms with Crippen molar-refractivity contribution in [3.8, 4) is 6.07 Å². The molecule has 2 aromatic rings. The molecule has 2 aliphatic rings. The first kappa shape index (κ1) is 17.2. The topological polar surface area (TPSA) is 77.3 Å². The van der Waals surface area contributed by atoms with E-state index in [9.17, 15) is 14.0 Å². The number of carbonyl (C=O) groups excluding carboxylic acids is 2. The number of rotatable bonds is 2. The first-order chi connectivity index (χ1) is 13.0. The maximum absolute atomic E-state index is 13.3. The molecule has 1 spiro atoms. The average Bonchev–Trinajstić information content (AvgIpc) is 3.24. The highest BCUT2D eigenvalue weighted by Crippen LogP contribution is 2.42. The molecule has 0 N–H and O–H groups in total. The number of nitriles is 1. The Morgan fingerprint density at radius 2 is 2.00 bits per heavy atom. The fraction of sp³-hybridized carbons (Fsp3) is 0.300. The van der Waals surface area contributed by atoms with E-state index in [0.29, 0.717) is 31.6 Å². The largest absolute Gasteiger partial charge is 0.338 e. The summed E-state index contributed by atoms with van der Waals surface area (Å²) >= 11 is 0. The molecule has 2 amide bonds. The summed E-state index contributed by atoms with van der Waals surface area (Å²) in [5, 5.41) is 8.91. The van der Waals surface area contributed by atoms with Gasteiger partial charge in [-0.3, -0.25) is 9.59 Å². The van der Waals surface area contributed by atoms with E-state index in [4.69, 9.17) is 5.26 Å². The molecule has 1 aromatic carbocycles. The quantitative estimate of drug-likeness (QED) is 0.767. The zero-order chi connectivity index (χ0) is 19.0. The third kappa shape index (κ3) is 3.14. The smallest absolute Gasteiger partial charge is 0.254 e. The van der Waals surface area contributed by atoms with Crippen LogP contribution in [-0.2, 0) is 4.79 Å². The lowest BCUT2D eigenvalue weighted by Gasteiger charge is -2.24. The van der Waals surface area contributed by atoms with Gasteiger partial charge in [0.1, 0.15) is 0 Å². The number of nitrogens with zero attached hydrogens (tertiary/aromatic N) is 4. The third-order valence-electron chi connectivity index (χ3n) is 5.33. The SMILES string of the molecule is N#Cc1ccc(N2C[C@]3(CCN(C(=O)c4ccnc(F)c4)C3)CC2=O)cc1. The molecule has 2 aliphatic heterocycles. The normalized spacial score (nSPS) is 21.7. The van der Waals surface area contributed by atoms with E-state index >= 15 is 0 Å². The number of pyridine rings is 1. The molecule has 1 aromatic heterocycles. The van der Waals surface area contributed by atoms with E-state index in [1.807, 2.05) is 0 Å². The van der Waals surface area contributed by atoms with Gasteiger partial charge in [-0.1, -0.05) is 0 Å². The van der Waals surface area contributed by atoms with Crippen LogP contribution in [0.2, 0.25) is 0 Å². The van der Waals surface area contributed by atoms with E-state index in [1.54, 1.807) is 34.1 Å². The van der Waals surface area contributed by atoms with Crippen molar-refractivity contribution in [3.63, 3.8) is 0 Å². The van der Waals surface area contributed by atoms with Crippen LogP contribution in [0.15, 0.2) is 42.6 Å². The van der Waals surface area contributed by atoms with Crippen molar-refractivity contribution in [1.82, 2.24) is 9.88 Å². The minimum atomic E-state index is -0.683. The fourth-order valence-electron chi connectivity index (χ4n) is 3.95. The predicted octanol–water partition coefficient (Wildman–Crippen LogP) is 2.36. The number of anilines is 1. The second kappa shape index (κ2) is 6.47. The van der Waals surface area contributed by atoms with Gasteiger partial charge >= 0.3 is 0 Å². The Labute approximate surface area is 155 Å². The number of carbonyl (C=O) groups is 2. The van der Waals surface area contributed by atoms with Gasteiger partial charge < -0.3 is 9.80 Å². The summed E-state index contributed by atoms with van der Waals surface area (Å²) in [5.41, 5.74) is 1.29. The fourth-order valence-corrected chi connectivity index (χ4v) is 3.95. The van der Waals surface area contributed by atoms with E-state index in [-0.39, 0.29) is 22.8 Å². The van der Waals surface area contributed by atoms with Crippen LogP contribution in [0.4, 0.5) is 10.1 Å². The summed E-state index contributed by atoms with van der Waals surface area (Å²) in [6, 6.07) is 11.6. The second-order valence-corrected chi connectivity index (χ2v) is 7.16. The number of likely N-dealkylation sites (tertiary alicyclic amines) is 1. The number of hydrogen-bond donors (Lipinski definition) is 0. The zero-order valence-corrected chi connectivity index (χ0v) is 14.6. The van der Waals surface area contributed by atoms with Crippen LogP contribution < -0.4 is 4.90 Å². The van der Waals surface area contributed by atoms with E-state index in [1.165, 1.54) is 12.3 Å². The van der Waals surface area contributed by atoms with Crippen molar-refractivity contribution in [1.29, 1.82) is 5.26 Å². The van der Waals surface area contributed by atoms with Gasteiger partial charge in [0.2, 0.25) is 11.9 Å². The van der Waals surface area contributed by atoms with Gasteiger partial charge in [-0.05, 0) is 36.8 Å². The van der Waals surface area contributed by atoms with Gasteiger partial charge in [0, 0.05) is 55.0 Å². The highest BCUT2D eigenvalue weighted by molar-refractivity contribution is 5.97. The van der Waals surface area contributed by atoms with Crippen LogP contribution in [0.5, 0.6) is 0 Å². The molecular formula is C20H17FN4O2. The zero-order valence-electron chi connectivity index (χ0n) is 14.6. The molecule has 0 radical (unpaired) electrons. The van der Waals surface area contributed by atoms with Crippen LogP contribution in [0, 0.1) is 22.7 Å². The molecule has 4 rings (SSSR count). The van der Waals surface area contributed by atoms with Gasteiger partial charge in [-0.15, -0.1) is 0 Å². The summed E-state index contributed by atoms with van der Waals surface area (Å²) in [6.07, 6.45) is 2.38. The average molecular weight is 364 g/mol. The number of aromatic nitrogens is 1. The third-order valence-corrected chi connectivity index (χ3v) is 5.33. The van der Waals surface area contributed by atoms with Crippen molar-refractivity contribution in [2.75, 3.05) is 24.5 Å². The lowest BCUT2D eigenvalue weighted by molar-refractivity contribution is -0.117. The Balaban J connectivity index is 1.50. The van der Waals surface area contributed by atoms with Crippen LogP contribution in [-0.4, -0.2) is 41.3 Å². The first-order valence-corrected chi connectivity index (χ1v) is 8.71. The molecule has 136 valence electrons. The molecule has 2 fully saturated rings. The standard InChI is InChI=1S/C20H17FN4O2/c21-17-9-15(5-7-23-17)19(27)24-8-6-20(12-24)10-18(26)25(13-20)16-3-1-14(11-22)2-4-16/h1-5,7,9H,6,8,10,12-13H2/t20-/m1/s1. The minimum Gasteiger partial charge on any atom is -0.338 e. The van der Waals surface area contributed by atoms with Crippen molar-refractivity contribution in [3.05, 3.63) is 59.7 Å². The van der Waals surface area contributed by atoms with Gasteiger partial charge in [0.15, 0.2) is 0 Å². The van der Waals surface area contributed by atoms with E-state index in [2.05, 4.69) is 11.1 Å². The Kier molecular flexibility index (Phi) is 4.11. The summed E-state index contributed by atoms with van der Waals surface area (Å²) in [7, 11) is 0. The van der Waals surface area contributed by atoms with Crippen LogP contribution >= 0.6 is 0 Å². The Hall–Kier alpha value is -3.27. The molecule has 0 saturated carbocycles. The van der Waals surface area contributed by atoms with Crippen LogP contribution in [0.25, 0.3) is 0 Å². The van der Waals surface area contributed by atoms with Crippen molar-refractivity contribution in [2.45, 2.75) is 12.8 Å². The van der Waals surface area contributed by atoms with Crippen molar-refractivity contribution < 1.29 is 14.0 Å². The van der Waals surface area contributed by atoms with Gasteiger partial charge in [-0.2, -0.15) is 9.65 Å². The van der Waals surface area contributed by atoms with Gasteiger partial charge in [0.05, 0.1) is 11.6 Å². The number of amides is 2. The molecule has 0 unspecified atom stereocenters. The van der Waals surface area contributed by atoms with Crippen LogP contribution in [0.1, 0.15) is 28.8 Å². The summed E-state index contributed by atoms with van der Waals surface area (Å²) in [6.45, 7) is 1.54. The van der Waals surface area contributed by atoms with Gasteiger partial charge in [-0.25, -0.2) is 4.98 Å². The number of hydrogen-bond acceptors (Lipinski definition) is 4.